The molecule has 1 aliphatic rings. The Bertz CT molecular complexity index is 2750. The van der Waals surface area contributed by atoms with Crippen LogP contribution < -0.4 is 59.7 Å². The fourth-order valence-corrected chi connectivity index (χ4v) is 9.12. The number of benzene rings is 2. The van der Waals surface area contributed by atoms with E-state index in [0.717, 1.165) is 11.8 Å². The number of carbonyl (C=O) groups is 13. The number of primary amides is 1. The standard InChI is InChI=1S/C56H82N12O19/c1-5-28(2)45(56(86)87)66-51(81)39(26-31-10-14-33(70)15-11-31)65-50(80)37(19-21-42(59)72)62-53(83)41-9-7-25-68(41)55(85)29(3)60-48(78)38(20-23-44(75)76)63-54(84)46(30(4)69)67-52(82)40(27-32-12-16-34(71)17-13-32)64-49(79)36(8-6-24-57)61-47(77)35(58)18-22-43(73)74/h10-17,28-30,35-41,45-46,69-71H,5-9,18-27,57-58H2,1-4H3,(H2,59,72)(H,60,78)(H,61,77)(H,62,83)(H,63,84)(H,64,79)(H,65,80)(H,66,81)(H,67,82)(H,73,74)(H,75,76)(H,86,87)/t28-,29-,30+,35-,36-,37-,38-,39-,40-,41-,45-,46-/m0/s1. The highest BCUT2D eigenvalue weighted by molar-refractivity contribution is 5.99. The first kappa shape index (κ1) is 72.3. The molecule has 0 aromatic heterocycles. The lowest BCUT2D eigenvalue weighted by Gasteiger charge is -2.30. The van der Waals surface area contributed by atoms with Crippen molar-refractivity contribution in [1.29, 1.82) is 0 Å². The van der Waals surface area contributed by atoms with Crippen molar-refractivity contribution in [3.05, 3.63) is 59.7 Å². The predicted octanol–water partition coefficient (Wildman–Crippen LogP) is -3.65. The van der Waals surface area contributed by atoms with E-state index in [4.69, 9.17) is 22.3 Å². The highest BCUT2D eigenvalue weighted by Crippen LogP contribution is 2.21. The van der Waals surface area contributed by atoms with Crippen LogP contribution in [-0.4, -0.2) is 192 Å². The number of likely N-dealkylation sites (tertiary alicyclic amines) is 1. The normalized spacial score (nSPS) is 16.6. The number of phenols is 2. The van der Waals surface area contributed by atoms with Gasteiger partial charge >= 0.3 is 17.9 Å². The number of phenolic OH excluding ortho intramolecular Hbond substituents is 2. The third-order valence-electron chi connectivity index (χ3n) is 14.4. The van der Waals surface area contributed by atoms with Gasteiger partial charge in [0.15, 0.2) is 0 Å². The molecular formula is C56H82N12O19. The summed E-state index contributed by atoms with van der Waals surface area (Å²) in [6, 6.07) is -4.21. The van der Waals surface area contributed by atoms with Gasteiger partial charge in [-0.05, 0) is 107 Å². The number of carboxylic acids is 3. The van der Waals surface area contributed by atoms with Gasteiger partial charge in [0.1, 0.15) is 65.9 Å². The zero-order valence-electron chi connectivity index (χ0n) is 48.8. The Morgan fingerprint density at radius 3 is 1.47 bits per heavy atom. The van der Waals surface area contributed by atoms with Crippen molar-refractivity contribution in [3.8, 4) is 11.5 Å². The lowest BCUT2D eigenvalue weighted by molar-refractivity contribution is -0.144. The number of aliphatic carboxylic acids is 3. The van der Waals surface area contributed by atoms with Crippen molar-refractivity contribution in [2.24, 2.45) is 23.1 Å². The third-order valence-corrected chi connectivity index (χ3v) is 14.4. The van der Waals surface area contributed by atoms with Gasteiger partial charge in [-0.2, -0.15) is 0 Å². The molecule has 31 nitrogen and oxygen atoms in total. The molecule has 0 bridgehead atoms. The molecule has 0 aliphatic carbocycles. The molecule has 0 spiro atoms. The van der Waals surface area contributed by atoms with Crippen LogP contribution in [0.15, 0.2) is 48.5 Å². The van der Waals surface area contributed by atoms with Gasteiger partial charge in [-0.1, -0.05) is 44.5 Å². The second kappa shape index (κ2) is 35.5. The molecule has 2 aromatic rings. The van der Waals surface area contributed by atoms with E-state index in [9.17, 15) is 87.9 Å². The van der Waals surface area contributed by atoms with Crippen molar-refractivity contribution in [1.82, 2.24) is 47.4 Å². The average Bonchev–Trinajstić information content (AvgIpc) is 4.26. The minimum absolute atomic E-state index is 0.0278. The first-order valence-electron chi connectivity index (χ1n) is 28.3. The van der Waals surface area contributed by atoms with Gasteiger partial charge in [-0.25, -0.2) is 4.79 Å². The Balaban J connectivity index is 1.85. The Hall–Kier alpha value is -8.97. The number of aromatic hydroxyl groups is 2. The smallest absolute Gasteiger partial charge is 0.326 e. The number of hydrogen-bond donors (Lipinski definition) is 17. The van der Waals surface area contributed by atoms with Crippen molar-refractivity contribution in [2.45, 2.75) is 178 Å². The van der Waals surface area contributed by atoms with Crippen LogP contribution in [0.4, 0.5) is 0 Å². The van der Waals surface area contributed by atoms with Crippen LogP contribution in [0.5, 0.6) is 11.5 Å². The van der Waals surface area contributed by atoms with Gasteiger partial charge in [0.05, 0.1) is 12.1 Å². The fraction of sp³-hybridized carbons (Fsp3) is 0.554. The van der Waals surface area contributed by atoms with Crippen LogP contribution in [0.25, 0.3) is 0 Å². The molecule has 0 saturated carbocycles. The zero-order chi connectivity index (χ0) is 65.2. The molecular weight excluding hydrogens is 1140 g/mol. The molecule has 480 valence electrons. The monoisotopic (exact) mass is 1230 g/mol. The summed E-state index contributed by atoms with van der Waals surface area (Å²) in [5.41, 5.74) is 17.7. The highest BCUT2D eigenvalue weighted by atomic mass is 16.4. The van der Waals surface area contributed by atoms with Crippen molar-refractivity contribution < 1.29 is 93.0 Å². The number of carbonyl (C=O) groups excluding carboxylic acids is 10. The van der Waals surface area contributed by atoms with E-state index >= 15 is 0 Å². The van der Waals surface area contributed by atoms with Crippen LogP contribution in [0, 0.1) is 5.92 Å². The van der Waals surface area contributed by atoms with Crippen LogP contribution in [0.3, 0.4) is 0 Å². The van der Waals surface area contributed by atoms with Crippen molar-refractivity contribution >= 4 is 77.0 Å². The van der Waals surface area contributed by atoms with E-state index in [0.29, 0.717) is 17.5 Å². The first-order valence-corrected chi connectivity index (χ1v) is 28.3. The summed E-state index contributed by atoms with van der Waals surface area (Å²) < 4.78 is 0. The van der Waals surface area contributed by atoms with Crippen LogP contribution in [0.2, 0.25) is 0 Å². The minimum atomic E-state index is -1.92. The predicted molar refractivity (Wildman–Crippen MR) is 307 cm³/mol. The Labute approximate surface area is 501 Å². The largest absolute Gasteiger partial charge is 0.508 e. The number of carboxylic acid groups (broad SMARTS) is 3. The second-order valence-corrected chi connectivity index (χ2v) is 21.3. The number of aliphatic hydroxyl groups is 1. The molecule has 1 saturated heterocycles. The number of amides is 10. The molecule has 31 heteroatoms. The van der Waals surface area contributed by atoms with Crippen molar-refractivity contribution in [3.63, 3.8) is 0 Å². The fourth-order valence-electron chi connectivity index (χ4n) is 9.12. The highest BCUT2D eigenvalue weighted by Gasteiger charge is 2.40. The van der Waals surface area contributed by atoms with E-state index in [-0.39, 0.29) is 69.5 Å². The molecule has 10 amide bonds. The van der Waals surface area contributed by atoms with Gasteiger partial charge in [-0.15, -0.1) is 0 Å². The van der Waals surface area contributed by atoms with Gasteiger partial charge in [0, 0.05) is 38.6 Å². The minimum Gasteiger partial charge on any atom is -0.508 e. The third kappa shape index (κ3) is 24.1. The Morgan fingerprint density at radius 2 is 1.00 bits per heavy atom. The molecule has 0 radical (unpaired) electrons. The number of nitrogens with one attached hydrogen (secondary N) is 8. The van der Waals surface area contributed by atoms with Crippen LogP contribution >= 0.6 is 0 Å². The van der Waals surface area contributed by atoms with Gasteiger partial charge in [0.2, 0.25) is 59.1 Å². The topological polar surface area (TPSA) is 521 Å². The number of aliphatic hydroxyl groups excluding tert-OH is 1. The number of nitrogens with zero attached hydrogens (tertiary/aromatic N) is 1. The van der Waals surface area contributed by atoms with Gasteiger partial charge < -0.3 is 95.3 Å². The maximum absolute atomic E-state index is 14.2. The van der Waals surface area contributed by atoms with Gasteiger partial charge in [-0.3, -0.25) is 57.5 Å². The Kier molecular flexibility index (Phi) is 29.5. The second-order valence-electron chi connectivity index (χ2n) is 21.3. The quantitative estimate of drug-likeness (QED) is 0.0310. The summed E-state index contributed by atoms with van der Waals surface area (Å²) in [6.45, 7) is 5.64. The van der Waals surface area contributed by atoms with E-state index in [1.54, 1.807) is 13.8 Å². The van der Waals surface area contributed by atoms with Crippen LogP contribution in [0.1, 0.15) is 109 Å². The molecule has 20 N–H and O–H groups in total. The van der Waals surface area contributed by atoms with Crippen molar-refractivity contribution in [2.75, 3.05) is 13.1 Å². The zero-order valence-corrected chi connectivity index (χ0v) is 48.8. The summed E-state index contributed by atoms with van der Waals surface area (Å²) in [6.07, 6.45) is -4.47. The molecule has 1 aliphatic heterocycles. The summed E-state index contributed by atoms with van der Waals surface area (Å²) in [5.74, 6) is -14.6. The maximum atomic E-state index is 14.2. The van der Waals surface area contributed by atoms with E-state index in [2.05, 4.69) is 42.5 Å². The first-order chi connectivity index (χ1) is 41.0. The summed E-state index contributed by atoms with van der Waals surface area (Å²) in [4.78, 5) is 173. The Morgan fingerprint density at radius 1 is 0.563 bits per heavy atom. The summed E-state index contributed by atoms with van der Waals surface area (Å²) in [5, 5.41) is 78.6. The number of hydrogen-bond acceptors (Lipinski definition) is 18. The molecule has 1 fully saturated rings. The molecule has 0 unspecified atom stereocenters. The molecule has 3 rings (SSSR count). The van der Waals surface area contributed by atoms with E-state index in [1.807, 2.05) is 0 Å². The maximum Gasteiger partial charge on any atom is 0.326 e. The molecule has 12 atom stereocenters. The van der Waals surface area contributed by atoms with Crippen LogP contribution in [-0.2, 0) is 75.2 Å². The lowest BCUT2D eigenvalue weighted by Crippen LogP contribution is -2.62. The molecule has 87 heavy (non-hydrogen) atoms. The summed E-state index contributed by atoms with van der Waals surface area (Å²) >= 11 is 0. The lowest BCUT2D eigenvalue weighted by atomic mass is 9.98. The average molecular weight is 1230 g/mol. The number of nitrogens with two attached hydrogens (primary N) is 3. The molecule has 1 heterocycles. The summed E-state index contributed by atoms with van der Waals surface area (Å²) in [7, 11) is 0. The molecule has 2 aromatic carbocycles. The number of rotatable bonds is 37. The van der Waals surface area contributed by atoms with E-state index < -0.39 is 182 Å². The van der Waals surface area contributed by atoms with Gasteiger partial charge in [0.25, 0.3) is 0 Å². The van der Waals surface area contributed by atoms with E-state index in [1.165, 1.54) is 55.5 Å². The SMILES string of the molecule is CC[C@H](C)[C@H](NC(=O)[C@H](Cc1ccc(O)cc1)NC(=O)[C@H](CCC(N)=O)NC(=O)[C@@H]1CCCN1C(=O)[C@H](C)NC(=O)[C@H](CCC(=O)O)NC(=O)[C@@H](NC(=O)[C@H](Cc1ccc(O)cc1)NC(=O)[C@H](CCCN)NC(=O)[C@@H](N)CCC(=O)O)[C@@H](C)O)C(=O)O.